The van der Waals surface area contributed by atoms with Gasteiger partial charge in [-0.25, -0.2) is 9.97 Å². The number of aromatic nitrogens is 2. The number of hydrogen-bond acceptors (Lipinski definition) is 5. The third-order valence-electron chi connectivity index (χ3n) is 2.36. The summed E-state index contributed by atoms with van der Waals surface area (Å²) < 4.78 is 10.4. The van der Waals surface area contributed by atoms with Gasteiger partial charge in [-0.2, -0.15) is 0 Å². The molecule has 0 fully saturated rings. The van der Waals surface area contributed by atoms with Crippen LogP contribution in [0.15, 0.2) is 30.6 Å². The Hall–Kier alpha value is -2.30. The molecule has 5 heteroatoms. The van der Waals surface area contributed by atoms with Crippen LogP contribution in [0.2, 0.25) is 0 Å². The number of nitrogens with zero attached hydrogens (tertiary/aromatic N) is 2. The van der Waals surface area contributed by atoms with E-state index >= 15 is 0 Å². The number of nitrogens with two attached hydrogens (primary N) is 1. The Labute approximate surface area is 99.2 Å². The minimum absolute atomic E-state index is 0.253. The molecule has 2 aromatic rings. The van der Waals surface area contributed by atoms with E-state index in [4.69, 9.17) is 15.2 Å². The van der Waals surface area contributed by atoms with Gasteiger partial charge in [0.1, 0.15) is 11.5 Å². The lowest BCUT2D eigenvalue weighted by Gasteiger charge is -2.08. The van der Waals surface area contributed by atoms with E-state index in [1.54, 1.807) is 26.6 Å². The second-order valence-electron chi connectivity index (χ2n) is 3.43. The SMILES string of the molecule is COc1cc(OC)cc(-c2cnc(N)nc2)c1. The summed E-state index contributed by atoms with van der Waals surface area (Å²) in [5.41, 5.74) is 7.22. The highest BCUT2D eigenvalue weighted by molar-refractivity contribution is 5.66. The Bertz CT molecular complexity index is 489. The fourth-order valence-corrected chi connectivity index (χ4v) is 1.46. The number of anilines is 1. The van der Waals surface area contributed by atoms with E-state index in [-0.39, 0.29) is 5.95 Å². The van der Waals surface area contributed by atoms with E-state index in [0.717, 1.165) is 22.6 Å². The van der Waals surface area contributed by atoms with E-state index in [9.17, 15) is 0 Å². The molecule has 0 atom stereocenters. The van der Waals surface area contributed by atoms with Gasteiger partial charge < -0.3 is 15.2 Å². The van der Waals surface area contributed by atoms with Gasteiger partial charge in [-0.05, 0) is 17.7 Å². The Morgan fingerprint density at radius 1 is 0.882 bits per heavy atom. The Morgan fingerprint density at radius 3 is 1.88 bits per heavy atom. The summed E-state index contributed by atoms with van der Waals surface area (Å²) in [6.07, 6.45) is 3.33. The molecule has 5 nitrogen and oxygen atoms in total. The molecule has 2 N–H and O–H groups in total. The van der Waals surface area contributed by atoms with Crippen LogP contribution >= 0.6 is 0 Å². The van der Waals surface area contributed by atoms with Crippen LogP contribution < -0.4 is 15.2 Å². The Balaban J connectivity index is 2.46. The molecule has 0 amide bonds. The highest BCUT2D eigenvalue weighted by Crippen LogP contribution is 2.28. The highest BCUT2D eigenvalue weighted by atomic mass is 16.5. The summed E-state index contributed by atoms with van der Waals surface area (Å²) in [5.74, 6) is 1.69. The van der Waals surface area contributed by atoms with Gasteiger partial charge >= 0.3 is 0 Å². The molecule has 0 aliphatic carbocycles. The lowest BCUT2D eigenvalue weighted by Crippen LogP contribution is -1.94. The van der Waals surface area contributed by atoms with Crippen molar-refractivity contribution in [2.24, 2.45) is 0 Å². The van der Waals surface area contributed by atoms with Gasteiger partial charge in [0.15, 0.2) is 0 Å². The molecule has 2 rings (SSSR count). The van der Waals surface area contributed by atoms with Crippen LogP contribution in [-0.2, 0) is 0 Å². The zero-order valence-corrected chi connectivity index (χ0v) is 9.68. The largest absolute Gasteiger partial charge is 0.497 e. The quantitative estimate of drug-likeness (QED) is 0.871. The minimum atomic E-state index is 0.253. The first-order chi connectivity index (χ1) is 8.22. The number of hydrogen-bond donors (Lipinski definition) is 1. The Morgan fingerprint density at radius 2 is 1.41 bits per heavy atom. The number of methoxy groups -OCH3 is 2. The molecular formula is C12H13N3O2. The molecule has 0 aliphatic rings. The summed E-state index contributed by atoms with van der Waals surface area (Å²) in [7, 11) is 3.22. The van der Waals surface area contributed by atoms with Gasteiger partial charge in [0, 0.05) is 24.0 Å². The fourth-order valence-electron chi connectivity index (χ4n) is 1.46. The lowest BCUT2D eigenvalue weighted by molar-refractivity contribution is 0.394. The first-order valence-corrected chi connectivity index (χ1v) is 5.04. The maximum atomic E-state index is 5.45. The third-order valence-corrected chi connectivity index (χ3v) is 2.36. The molecule has 1 aromatic heterocycles. The van der Waals surface area contributed by atoms with Crippen molar-refractivity contribution < 1.29 is 9.47 Å². The van der Waals surface area contributed by atoms with Crippen LogP contribution in [0.5, 0.6) is 11.5 Å². The predicted octanol–water partition coefficient (Wildman–Crippen LogP) is 1.74. The topological polar surface area (TPSA) is 70.3 Å². The zero-order valence-electron chi connectivity index (χ0n) is 9.68. The molecule has 0 radical (unpaired) electrons. The molecule has 0 aliphatic heterocycles. The number of nitrogen functional groups attached to an aromatic ring is 1. The standard InChI is InChI=1S/C12H13N3O2/c1-16-10-3-8(4-11(5-10)17-2)9-6-14-12(13)15-7-9/h3-7H,1-2H3,(H2,13,14,15). The maximum Gasteiger partial charge on any atom is 0.219 e. The number of benzene rings is 1. The van der Waals surface area contributed by atoms with Crippen molar-refractivity contribution in [3.8, 4) is 22.6 Å². The second-order valence-corrected chi connectivity index (χ2v) is 3.43. The van der Waals surface area contributed by atoms with Crippen molar-refractivity contribution >= 4 is 5.95 Å². The molecule has 0 bridgehead atoms. The Kier molecular flexibility index (Phi) is 3.09. The van der Waals surface area contributed by atoms with E-state index < -0.39 is 0 Å². The van der Waals surface area contributed by atoms with Crippen molar-refractivity contribution in [3.05, 3.63) is 30.6 Å². The number of ether oxygens (including phenoxy) is 2. The molecule has 0 saturated heterocycles. The molecule has 0 saturated carbocycles. The van der Waals surface area contributed by atoms with Crippen LogP contribution in [-0.4, -0.2) is 24.2 Å². The van der Waals surface area contributed by atoms with Crippen molar-refractivity contribution in [2.75, 3.05) is 20.0 Å². The van der Waals surface area contributed by atoms with Crippen molar-refractivity contribution in [2.45, 2.75) is 0 Å². The lowest BCUT2D eigenvalue weighted by atomic mass is 10.1. The van der Waals surface area contributed by atoms with E-state index in [0.29, 0.717) is 0 Å². The fraction of sp³-hybridized carbons (Fsp3) is 0.167. The zero-order chi connectivity index (χ0) is 12.3. The average Bonchev–Trinajstić information content (AvgIpc) is 2.39. The molecule has 1 heterocycles. The van der Waals surface area contributed by atoms with Crippen LogP contribution in [0.4, 0.5) is 5.95 Å². The average molecular weight is 231 g/mol. The number of rotatable bonds is 3. The second kappa shape index (κ2) is 4.69. The first-order valence-electron chi connectivity index (χ1n) is 5.04. The molecule has 0 unspecified atom stereocenters. The van der Waals surface area contributed by atoms with Crippen molar-refractivity contribution in [1.29, 1.82) is 0 Å². The molecule has 88 valence electrons. The summed E-state index contributed by atoms with van der Waals surface area (Å²) in [6.45, 7) is 0. The smallest absolute Gasteiger partial charge is 0.219 e. The van der Waals surface area contributed by atoms with Crippen LogP contribution in [0.25, 0.3) is 11.1 Å². The van der Waals surface area contributed by atoms with Crippen molar-refractivity contribution in [1.82, 2.24) is 9.97 Å². The maximum absolute atomic E-state index is 5.45. The van der Waals surface area contributed by atoms with E-state index in [1.807, 2.05) is 18.2 Å². The van der Waals surface area contributed by atoms with Crippen LogP contribution in [0, 0.1) is 0 Å². The monoisotopic (exact) mass is 231 g/mol. The van der Waals surface area contributed by atoms with Crippen LogP contribution in [0.1, 0.15) is 0 Å². The molecule has 0 spiro atoms. The van der Waals surface area contributed by atoms with Gasteiger partial charge in [0.25, 0.3) is 0 Å². The summed E-state index contributed by atoms with van der Waals surface area (Å²) in [4.78, 5) is 7.90. The summed E-state index contributed by atoms with van der Waals surface area (Å²) in [5, 5.41) is 0. The van der Waals surface area contributed by atoms with Gasteiger partial charge in [0.2, 0.25) is 5.95 Å². The third kappa shape index (κ3) is 2.44. The predicted molar refractivity (Wildman–Crippen MR) is 65.0 cm³/mol. The minimum Gasteiger partial charge on any atom is -0.497 e. The van der Waals surface area contributed by atoms with Gasteiger partial charge in [-0.3, -0.25) is 0 Å². The first kappa shape index (κ1) is 11.2. The summed E-state index contributed by atoms with van der Waals surface area (Å²) >= 11 is 0. The molecule has 17 heavy (non-hydrogen) atoms. The van der Waals surface area contributed by atoms with Gasteiger partial charge in [-0.15, -0.1) is 0 Å². The van der Waals surface area contributed by atoms with E-state index in [2.05, 4.69) is 9.97 Å². The normalized spacial score (nSPS) is 10.0. The van der Waals surface area contributed by atoms with Crippen LogP contribution in [0.3, 0.4) is 0 Å². The summed E-state index contributed by atoms with van der Waals surface area (Å²) in [6, 6.07) is 5.58. The molecule has 1 aromatic carbocycles. The van der Waals surface area contributed by atoms with Gasteiger partial charge in [-0.1, -0.05) is 0 Å². The van der Waals surface area contributed by atoms with Crippen molar-refractivity contribution in [3.63, 3.8) is 0 Å². The van der Waals surface area contributed by atoms with Gasteiger partial charge in [0.05, 0.1) is 14.2 Å². The molecular weight excluding hydrogens is 218 g/mol. The van der Waals surface area contributed by atoms with E-state index in [1.165, 1.54) is 0 Å². The highest BCUT2D eigenvalue weighted by Gasteiger charge is 2.05.